The lowest BCUT2D eigenvalue weighted by Crippen LogP contribution is -2.47. The third-order valence-electron chi connectivity index (χ3n) is 4.66. The van der Waals surface area contributed by atoms with E-state index < -0.39 is 23.9 Å². The summed E-state index contributed by atoms with van der Waals surface area (Å²) in [5, 5.41) is 11.7. The Morgan fingerprint density at radius 1 is 1.30 bits per heavy atom. The van der Waals surface area contributed by atoms with Crippen LogP contribution in [0.15, 0.2) is 36.2 Å². The number of halogens is 1. The van der Waals surface area contributed by atoms with Gasteiger partial charge in [-0.05, 0) is 36.8 Å². The van der Waals surface area contributed by atoms with Gasteiger partial charge in [0.2, 0.25) is 5.91 Å². The predicted molar refractivity (Wildman–Crippen MR) is 83.3 cm³/mol. The Hall–Kier alpha value is -2.37. The number of nitrogens with zero attached hydrogens (tertiary/aromatic N) is 1. The Morgan fingerprint density at radius 2 is 2.00 bits per heavy atom. The second kappa shape index (κ2) is 6.02. The van der Waals surface area contributed by atoms with Gasteiger partial charge in [-0.25, -0.2) is 9.18 Å². The standard InChI is InChI=1S/C17H19FN2O3/c1-10(11-5-3-2-4-6-11)13(18)9-19-16(21)15-8-12-7-14(12)20(15)17(22)23/h2-6,12,14-15H,7-9H2,1H3,(H,19,21)(H,22,23)/b13-10+/t12-,14-,15+/m1/s1. The van der Waals surface area contributed by atoms with E-state index in [0.717, 1.165) is 12.0 Å². The van der Waals surface area contributed by atoms with E-state index in [1.807, 2.05) is 18.2 Å². The summed E-state index contributed by atoms with van der Waals surface area (Å²) in [5.74, 6) is -0.557. The summed E-state index contributed by atoms with van der Waals surface area (Å²) in [5.41, 5.74) is 1.23. The number of likely N-dealkylation sites (tertiary alicyclic amines) is 1. The number of carbonyl (C=O) groups is 2. The van der Waals surface area contributed by atoms with Crippen molar-refractivity contribution in [2.75, 3.05) is 6.54 Å². The van der Waals surface area contributed by atoms with Crippen molar-refractivity contribution in [3.05, 3.63) is 41.7 Å². The monoisotopic (exact) mass is 318 g/mol. The van der Waals surface area contributed by atoms with Crippen molar-refractivity contribution in [2.45, 2.75) is 31.8 Å². The number of carbonyl (C=O) groups excluding carboxylic acids is 1. The number of amides is 2. The predicted octanol–water partition coefficient (Wildman–Crippen LogP) is 2.64. The molecule has 1 heterocycles. The van der Waals surface area contributed by atoms with E-state index in [4.69, 9.17) is 0 Å². The molecule has 0 bridgehead atoms. The first-order valence-electron chi connectivity index (χ1n) is 7.68. The molecule has 6 heteroatoms. The quantitative estimate of drug-likeness (QED) is 0.896. The van der Waals surface area contributed by atoms with Gasteiger partial charge in [-0.3, -0.25) is 9.69 Å². The van der Waals surface area contributed by atoms with Gasteiger partial charge in [-0.1, -0.05) is 30.3 Å². The van der Waals surface area contributed by atoms with E-state index in [1.54, 1.807) is 19.1 Å². The van der Waals surface area contributed by atoms with Gasteiger partial charge in [0.05, 0.1) is 6.54 Å². The number of allylic oxidation sites excluding steroid dienone is 1. The SMILES string of the molecule is C/C(=C(\F)CNC(=O)[C@@H]1C[C@H]2C[C@H]2N1C(=O)O)c1ccccc1. The van der Waals surface area contributed by atoms with Crippen molar-refractivity contribution < 1.29 is 19.1 Å². The average molecular weight is 318 g/mol. The van der Waals surface area contributed by atoms with Crippen LogP contribution in [0.5, 0.6) is 0 Å². The van der Waals surface area contributed by atoms with Crippen molar-refractivity contribution >= 4 is 17.6 Å². The van der Waals surface area contributed by atoms with Gasteiger partial charge in [0.15, 0.2) is 0 Å². The molecule has 23 heavy (non-hydrogen) atoms. The fraction of sp³-hybridized carbons (Fsp3) is 0.412. The molecular formula is C17H19FN2O3. The Balaban J connectivity index is 1.62. The van der Waals surface area contributed by atoms with Crippen LogP contribution in [0.2, 0.25) is 0 Å². The third kappa shape index (κ3) is 3.06. The number of carboxylic acid groups (broad SMARTS) is 1. The lowest BCUT2D eigenvalue weighted by atomic mass is 10.1. The van der Waals surface area contributed by atoms with Crippen molar-refractivity contribution in [3.8, 4) is 0 Å². The molecule has 1 saturated carbocycles. The maximum absolute atomic E-state index is 14.2. The van der Waals surface area contributed by atoms with Gasteiger partial charge >= 0.3 is 6.09 Å². The number of piperidine rings is 1. The molecule has 0 aromatic heterocycles. The summed E-state index contributed by atoms with van der Waals surface area (Å²) in [6, 6.07) is 8.36. The minimum absolute atomic E-state index is 0.0327. The van der Waals surface area contributed by atoms with Gasteiger partial charge in [0.1, 0.15) is 11.9 Å². The number of fused-ring (bicyclic) bond motifs is 1. The molecule has 3 rings (SSSR count). The zero-order chi connectivity index (χ0) is 16.6. The molecule has 1 saturated heterocycles. The molecule has 1 aliphatic carbocycles. The average Bonchev–Trinajstić information content (AvgIpc) is 3.21. The molecular weight excluding hydrogens is 299 g/mol. The van der Waals surface area contributed by atoms with Crippen LogP contribution in [0, 0.1) is 5.92 Å². The molecule has 0 spiro atoms. The van der Waals surface area contributed by atoms with Crippen LogP contribution < -0.4 is 5.32 Å². The minimum atomic E-state index is -1.08. The number of rotatable bonds is 4. The van der Waals surface area contributed by atoms with Crippen molar-refractivity contribution in [1.29, 1.82) is 0 Å². The highest BCUT2D eigenvalue weighted by Crippen LogP contribution is 2.47. The molecule has 3 atom stereocenters. The van der Waals surface area contributed by atoms with Crippen LogP contribution in [-0.4, -0.2) is 40.6 Å². The van der Waals surface area contributed by atoms with Crippen LogP contribution in [0.25, 0.3) is 5.57 Å². The van der Waals surface area contributed by atoms with Gasteiger partial charge < -0.3 is 10.4 Å². The highest BCUT2D eigenvalue weighted by Gasteiger charge is 2.56. The first-order valence-corrected chi connectivity index (χ1v) is 7.68. The summed E-state index contributed by atoms with van der Waals surface area (Å²) >= 11 is 0. The molecule has 5 nitrogen and oxygen atoms in total. The first kappa shape index (κ1) is 15.5. The van der Waals surface area contributed by atoms with E-state index in [2.05, 4.69) is 5.32 Å². The van der Waals surface area contributed by atoms with Crippen LogP contribution in [0.4, 0.5) is 9.18 Å². The fourth-order valence-electron chi connectivity index (χ4n) is 3.23. The van der Waals surface area contributed by atoms with E-state index >= 15 is 0 Å². The normalized spacial score (nSPS) is 26.3. The molecule has 2 N–H and O–H groups in total. The van der Waals surface area contributed by atoms with Gasteiger partial charge in [-0.2, -0.15) is 0 Å². The van der Waals surface area contributed by atoms with Crippen molar-refractivity contribution in [2.24, 2.45) is 5.92 Å². The number of nitrogens with one attached hydrogen (secondary N) is 1. The van der Waals surface area contributed by atoms with Crippen LogP contribution in [-0.2, 0) is 4.79 Å². The summed E-state index contributed by atoms with van der Waals surface area (Å²) < 4.78 is 14.2. The minimum Gasteiger partial charge on any atom is -0.465 e. The highest BCUT2D eigenvalue weighted by molar-refractivity contribution is 5.87. The summed E-state index contributed by atoms with van der Waals surface area (Å²) in [7, 11) is 0. The topological polar surface area (TPSA) is 69.6 Å². The second-order valence-corrected chi connectivity index (χ2v) is 6.12. The van der Waals surface area contributed by atoms with Crippen molar-refractivity contribution in [1.82, 2.24) is 10.2 Å². The molecule has 0 radical (unpaired) electrons. The van der Waals surface area contributed by atoms with Crippen LogP contribution in [0.1, 0.15) is 25.3 Å². The number of hydrogen-bond donors (Lipinski definition) is 2. The Morgan fingerprint density at radius 3 is 2.65 bits per heavy atom. The van der Waals surface area contributed by atoms with Crippen LogP contribution >= 0.6 is 0 Å². The maximum Gasteiger partial charge on any atom is 0.408 e. The Kier molecular flexibility index (Phi) is 4.07. The maximum atomic E-state index is 14.2. The van der Waals surface area contributed by atoms with E-state index in [0.29, 0.717) is 12.0 Å². The fourth-order valence-corrected chi connectivity index (χ4v) is 3.23. The molecule has 122 valence electrons. The van der Waals surface area contributed by atoms with Crippen LogP contribution in [0.3, 0.4) is 0 Å². The lowest BCUT2D eigenvalue weighted by molar-refractivity contribution is -0.125. The molecule has 1 aromatic rings. The van der Waals surface area contributed by atoms with E-state index in [-0.39, 0.29) is 18.5 Å². The molecule has 2 fully saturated rings. The summed E-state index contributed by atoms with van der Waals surface area (Å²) in [6.45, 7) is 1.43. The van der Waals surface area contributed by atoms with Gasteiger partial charge in [-0.15, -0.1) is 0 Å². The summed E-state index contributed by atoms with van der Waals surface area (Å²) in [4.78, 5) is 24.6. The Bertz CT molecular complexity index is 659. The molecule has 2 amide bonds. The highest BCUT2D eigenvalue weighted by atomic mass is 19.1. The third-order valence-corrected chi connectivity index (χ3v) is 4.66. The summed E-state index contributed by atoms with van der Waals surface area (Å²) in [6.07, 6.45) is 0.287. The van der Waals surface area contributed by atoms with E-state index in [9.17, 15) is 19.1 Å². The smallest absolute Gasteiger partial charge is 0.408 e. The van der Waals surface area contributed by atoms with Gasteiger partial charge in [0.25, 0.3) is 0 Å². The van der Waals surface area contributed by atoms with E-state index in [1.165, 1.54) is 4.90 Å². The molecule has 2 aliphatic rings. The zero-order valence-electron chi connectivity index (χ0n) is 12.8. The largest absolute Gasteiger partial charge is 0.465 e. The second-order valence-electron chi connectivity index (χ2n) is 6.12. The van der Waals surface area contributed by atoms with Crippen molar-refractivity contribution in [3.63, 3.8) is 0 Å². The lowest BCUT2D eigenvalue weighted by Gasteiger charge is -2.23. The number of hydrogen-bond acceptors (Lipinski definition) is 2. The van der Waals surface area contributed by atoms with Gasteiger partial charge in [0, 0.05) is 6.04 Å². The first-order chi connectivity index (χ1) is 11.0. The zero-order valence-corrected chi connectivity index (χ0v) is 12.8. The molecule has 1 aromatic carbocycles. The molecule has 0 unspecified atom stereocenters. The molecule has 1 aliphatic heterocycles. The number of benzene rings is 1. The Labute approximate surface area is 133 Å².